The van der Waals surface area contributed by atoms with Crippen LogP contribution < -0.4 is 4.90 Å². The Hall–Kier alpha value is -3.04. The highest BCUT2D eigenvalue weighted by molar-refractivity contribution is 6.30. The lowest BCUT2D eigenvalue weighted by Crippen LogP contribution is -2.44. The number of hydrogen-bond donors (Lipinski definition) is 0. The molecule has 33 heavy (non-hydrogen) atoms. The first kappa shape index (κ1) is 21.8. The maximum absolute atomic E-state index is 14.9. The summed E-state index contributed by atoms with van der Waals surface area (Å²) in [6, 6.07) is 4.49. The molecule has 1 saturated heterocycles. The summed E-state index contributed by atoms with van der Waals surface area (Å²) in [5, 5.41) is 4.55. The molecule has 0 saturated carbocycles. The van der Waals surface area contributed by atoms with Gasteiger partial charge in [0.1, 0.15) is 17.6 Å². The minimum Gasteiger partial charge on any atom is -0.367 e. The first-order valence-corrected chi connectivity index (χ1v) is 11.2. The van der Waals surface area contributed by atoms with Crippen molar-refractivity contribution in [3.63, 3.8) is 0 Å². The van der Waals surface area contributed by atoms with Crippen molar-refractivity contribution in [3.05, 3.63) is 58.3 Å². The van der Waals surface area contributed by atoms with Crippen LogP contribution in [0.15, 0.2) is 30.6 Å². The summed E-state index contributed by atoms with van der Waals surface area (Å²) in [7, 11) is 3.60. The van der Waals surface area contributed by atoms with Gasteiger partial charge in [-0.05, 0) is 31.5 Å². The smallest absolute Gasteiger partial charge is 0.272 e. The van der Waals surface area contributed by atoms with E-state index in [-0.39, 0.29) is 18.1 Å². The van der Waals surface area contributed by atoms with E-state index in [4.69, 9.17) is 21.3 Å². The lowest BCUT2D eigenvalue weighted by atomic mass is 9.98. The number of ether oxygens (including phenoxy) is 1. The Morgan fingerprint density at radius 2 is 1.97 bits per heavy atom. The Morgan fingerprint density at radius 3 is 2.70 bits per heavy atom. The predicted octanol–water partition coefficient (Wildman–Crippen LogP) is 3.26. The van der Waals surface area contributed by atoms with E-state index in [1.54, 1.807) is 35.0 Å². The molecule has 5 rings (SSSR count). The second-order valence-corrected chi connectivity index (χ2v) is 9.02. The molecule has 2 aromatic heterocycles. The zero-order valence-electron chi connectivity index (χ0n) is 18.6. The number of benzene rings is 1. The molecule has 2 atom stereocenters. The van der Waals surface area contributed by atoms with Crippen LogP contribution in [0.2, 0.25) is 5.02 Å². The lowest BCUT2D eigenvalue weighted by molar-refractivity contribution is -0.0179. The number of nitrogens with zero attached hydrogens (tertiary/aromatic N) is 6. The van der Waals surface area contributed by atoms with Crippen LogP contribution in [0.3, 0.4) is 0 Å². The molecule has 10 heteroatoms. The van der Waals surface area contributed by atoms with Gasteiger partial charge in [-0.2, -0.15) is 5.10 Å². The van der Waals surface area contributed by atoms with Crippen molar-refractivity contribution in [3.8, 4) is 11.3 Å². The lowest BCUT2D eigenvalue weighted by Gasteiger charge is -2.37. The molecule has 4 heterocycles. The van der Waals surface area contributed by atoms with E-state index in [0.717, 1.165) is 5.56 Å². The Morgan fingerprint density at radius 1 is 1.18 bits per heavy atom. The SMILES string of the molecule is CC1CN(c2nc3c(c(-c4ccc(Cl)cc4F)n2)CCN(C)C3=O)CC(c2cnn(C)c2)O1. The Labute approximate surface area is 195 Å². The van der Waals surface area contributed by atoms with Crippen molar-refractivity contribution in [2.24, 2.45) is 7.05 Å². The summed E-state index contributed by atoms with van der Waals surface area (Å²) in [5.74, 6) is -0.296. The van der Waals surface area contributed by atoms with Crippen molar-refractivity contribution >= 4 is 23.5 Å². The minimum atomic E-state index is -0.482. The summed E-state index contributed by atoms with van der Waals surface area (Å²) in [6.07, 6.45) is 3.92. The molecule has 0 aliphatic carbocycles. The van der Waals surface area contributed by atoms with E-state index in [0.29, 0.717) is 59.5 Å². The summed E-state index contributed by atoms with van der Waals surface area (Å²) in [6.45, 7) is 3.53. The molecular weight excluding hydrogens is 447 g/mol. The summed E-state index contributed by atoms with van der Waals surface area (Å²) in [4.78, 5) is 26.1. The van der Waals surface area contributed by atoms with Crippen LogP contribution in [0.25, 0.3) is 11.3 Å². The van der Waals surface area contributed by atoms with Crippen LogP contribution >= 0.6 is 11.6 Å². The quantitative estimate of drug-likeness (QED) is 0.585. The second-order valence-electron chi connectivity index (χ2n) is 8.59. The minimum absolute atomic E-state index is 0.0994. The monoisotopic (exact) mass is 470 g/mol. The number of aromatic nitrogens is 4. The number of hydrogen-bond acceptors (Lipinski definition) is 6. The maximum atomic E-state index is 14.9. The number of carbonyl (C=O) groups is 1. The number of aryl methyl sites for hydroxylation is 1. The van der Waals surface area contributed by atoms with Gasteiger partial charge in [0.2, 0.25) is 5.95 Å². The molecular formula is C23H24ClFN6O2. The van der Waals surface area contributed by atoms with Gasteiger partial charge < -0.3 is 14.5 Å². The van der Waals surface area contributed by atoms with E-state index < -0.39 is 5.82 Å². The number of fused-ring (bicyclic) bond motifs is 1. The van der Waals surface area contributed by atoms with Gasteiger partial charge in [-0.3, -0.25) is 9.48 Å². The number of amides is 1. The molecule has 2 unspecified atom stereocenters. The average molecular weight is 471 g/mol. The Balaban J connectivity index is 1.61. The van der Waals surface area contributed by atoms with Crippen LogP contribution in [-0.2, 0) is 18.2 Å². The average Bonchev–Trinajstić information content (AvgIpc) is 3.22. The fourth-order valence-electron chi connectivity index (χ4n) is 4.40. The number of rotatable bonds is 3. The normalized spacial score (nSPS) is 20.8. The van der Waals surface area contributed by atoms with E-state index >= 15 is 0 Å². The van der Waals surface area contributed by atoms with Crippen LogP contribution in [0.5, 0.6) is 0 Å². The van der Waals surface area contributed by atoms with Gasteiger partial charge in [-0.1, -0.05) is 11.6 Å². The van der Waals surface area contributed by atoms with Gasteiger partial charge in [-0.15, -0.1) is 0 Å². The molecule has 2 aliphatic rings. The van der Waals surface area contributed by atoms with Gasteiger partial charge in [-0.25, -0.2) is 14.4 Å². The van der Waals surface area contributed by atoms with Gasteiger partial charge in [0.05, 0.1) is 24.5 Å². The van der Waals surface area contributed by atoms with Gasteiger partial charge in [0.25, 0.3) is 5.91 Å². The molecule has 172 valence electrons. The number of morpholine rings is 1. The van der Waals surface area contributed by atoms with Crippen molar-refractivity contribution in [2.45, 2.75) is 25.6 Å². The van der Waals surface area contributed by atoms with Crippen molar-refractivity contribution in [2.75, 3.05) is 31.6 Å². The predicted molar refractivity (Wildman–Crippen MR) is 122 cm³/mol. The van der Waals surface area contributed by atoms with Crippen LogP contribution in [0, 0.1) is 5.82 Å². The molecule has 0 radical (unpaired) electrons. The Kier molecular flexibility index (Phi) is 5.54. The fraction of sp³-hybridized carbons (Fsp3) is 0.391. The maximum Gasteiger partial charge on any atom is 0.272 e. The van der Waals surface area contributed by atoms with Crippen LogP contribution in [0.4, 0.5) is 10.3 Å². The first-order valence-electron chi connectivity index (χ1n) is 10.8. The standard InChI is InChI=1S/C23H24ClFN6O2/c1-13-10-31(12-19(33-13)14-9-26-30(3)11-14)23-27-20(16-5-4-15(24)8-18(16)25)17-6-7-29(2)22(32)21(17)28-23/h4-5,8-9,11,13,19H,6-7,10,12H2,1-3H3. The highest BCUT2D eigenvalue weighted by atomic mass is 35.5. The molecule has 1 amide bonds. The first-order chi connectivity index (χ1) is 15.8. The molecule has 0 N–H and O–H groups in total. The second kappa shape index (κ2) is 8.39. The van der Waals surface area contributed by atoms with Gasteiger partial charge in [0.15, 0.2) is 0 Å². The molecule has 3 aromatic rings. The number of likely N-dealkylation sites (N-methyl/N-ethyl adjacent to an activating group) is 1. The third-order valence-electron chi connectivity index (χ3n) is 6.07. The molecule has 0 spiro atoms. The van der Waals surface area contributed by atoms with E-state index in [1.165, 1.54) is 6.07 Å². The fourth-order valence-corrected chi connectivity index (χ4v) is 4.56. The van der Waals surface area contributed by atoms with E-state index in [2.05, 4.69) is 10.1 Å². The number of carbonyl (C=O) groups excluding carboxylic acids is 1. The van der Waals surface area contributed by atoms with E-state index in [9.17, 15) is 9.18 Å². The summed E-state index contributed by atoms with van der Waals surface area (Å²) < 4.78 is 22.8. The van der Waals surface area contributed by atoms with Crippen molar-refractivity contribution in [1.82, 2.24) is 24.6 Å². The van der Waals surface area contributed by atoms with Gasteiger partial charge >= 0.3 is 0 Å². The highest BCUT2D eigenvalue weighted by Gasteiger charge is 2.33. The number of halogens is 2. The summed E-state index contributed by atoms with van der Waals surface area (Å²) >= 11 is 5.97. The molecule has 8 nitrogen and oxygen atoms in total. The zero-order chi connectivity index (χ0) is 23.3. The third kappa shape index (κ3) is 4.06. The van der Waals surface area contributed by atoms with Crippen LogP contribution in [-0.4, -0.2) is 63.3 Å². The zero-order valence-corrected chi connectivity index (χ0v) is 19.4. The van der Waals surface area contributed by atoms with Crippen molar-refractivity contribution < 1.29 is 13.9 Å². The summed E-state index contributed by atoms with van der Waals surface area (Å²) in [5.41, 5.74) is 2.67. The molecule has 0 bridgehead atoms. The van der Waals surface area contributed by atoms with Gasteiger partial charge in [0, 0.05) is 55.1 Å². The van der Waals surface area contributed by atoms with Crippen LogP contribution in [0.1, 0.15) is 34.6 Å². The Bertz CT molecular complexity index is 1230. The van der Waals surface area contributed by atoms with Crippen molar-refractivity contribution in [1.29, 1.82) is 0 Å². The van der Waals surface area contributed by atoms with E-state index in [1.807, 2.05) is 25.1 Å². The largest absolute Gasteiger partial charge is 0.367 e. The third-order valence-corrected chi connectivity index (χ3v) is 6.30. The number of anilines is 1. The highest BCUT2D eigenvalue weighted by Crippen LogP contribution is 2.34. The molecule has 1 fully saturated rings. The molecule has 1 aromatic carbocycles. The topological polar surface area (TPSA) is 76.4 Å². The molecule has 2 aliphatic heterocycles.